The van der Waals surface area contributed by atoms with Gasteiger partial charge in [-0.2, -0.15) is 13.2 Å². The molecular weight excluding hydrogens is 333 g/mol. The Labute approximate surface area is 142 Å². The molecule has 3 rings (SSSR count). The van der Waals surface area contributed by atoms with Crippen LogP contribution in [-0.2, 0) is 6.18 Å². The van der Waals surface area contributed by atoms with E-state index in [9.17, 15) is 18.0 Å². The number of halogens is 3. The molecule has 1 amide bonds. The molecule has 1 N–H and O–H groups in total. The molecule has 5 nitrogen and oxygen atoms in total. The number of aryl methyl sites for hydroxylation is 1. The van der Waals surface area contributed by atoms with Gasteiger partial charge in [-0.15, -0.1) is 0 Å². The second-order valence-electron chi connectivity index (χ2n) is 5.89. The molecule has 1 saturated heterocycles. The summed E-state index contributed by atoms with van der Waals surface area (Å²) in [5.74, 6) is 0.476. The molecule has 1 aliphatic rings. The van der Waals surface area contributed by atoms with Crippen LogP contribution in [0, 0.1) is 6.92 Å². The molecule has 0 spiro atoms. The molecular formula is C17H17F3N4O. The number of likely N-dealkylation sites (tertiary alicyclic amines) is 1. The molecule has 0 radical (unpaired) electrons. The van der Waals surface area contributed by atoms with Gasteiger partial charge in [-0.05, 0) is 38.0 Å². The molecule has 1 aromatic carbocycles. The van der Waals surface area contributed by atoms with Crippen LogP contribution in [0.2, 0.25) is 0 Å². The number of aromatic nitrogens is 2. The summed E-state index contributed by atoms with van der Waals surface area (Å²) in [7, 11) is 0. The Balaban J connectivity index is 1.84. The highest BCUT2D eigenvalue weighted by molar-refractivity contribution is 5.93. The van der Waals surface area contributed by atoms with Gasteiger partial charge in [0, 0.05) is 24.8 Å². The van der Waals surface area contributed by atoms with Gasteiger partial charge in [0.15, 0.2) is 0 Å². The summed E-state index contributed by atoms with van der Waals surface area (Å²) in [5.41, 5.74) is -0.270. The molecule has 0 bridgehead atoms. The number of carbonyl (C=O) groups is 1. The van der Waals surface area contributed by atoms with Crippen LogP contribution in [0.5, 0.6) is 0 Å². The van der Waals surface area contributed by atoms with Gasteiger partial charge in [0.25, 0.3) is 5.91 Å². The van der Waals surface area contributed by atoms with Gasteiger partial charge in [0.05, 0.1) is 5.56 Å². The van der Waals surface area contributed by atoms with Crippen molar-refractivity contribution in [3.05, 3.63) is 47.4 Å². The van der Waals surface area contributed by atoms with E-state index in [-0.39, 0.29) is 23.1 Å². The van der Waals surface area contributed by atoms with Crippen LogP contribution < -0.4 is 5.32 Å². The lowest BCUT2D eigenvalue weighted by Gasteiger charge is -2.16. The molecule has 2 heterocycles. The standard InChI is InChI=1S/C17H17F3N4O/c1-11-21-14(16(25)24-7-2-3-8-24)10-15(22-11)23-13-6-4-5-12(9-13)17(18,19)20/h4-6,9-10H,2-3,7-8H2,1H3,(H,21,22,23). The van der Waals surface area contributed by atoms with Gasteiger partial charge < -0.3 is 10.2 Å². The Hall–Kier alpha value is -2.64. The van der Waals surface area contributed by atoms with Gasteiger partial charge >= 0.3 is 6.18 Å². The number of nitrogens with zero attached hydrogens (tertiary/aromatic N) is 3. The van der Waals surface area contributed by atoms with E-state index < -0.39 is 11.7 Å². The Morgan fingerprint density at radius 2 is 1.88 bits per heavy atom. The summed E-state index contributed by atoms with van der Waals surface area (Å²) in [4.78, 5) is 22.5. The van der Waals surface area contributed by atoms with E-state index >= 15 is 0 Å². The van der Waals surface area contributed by atoms with Crippen LogP contribution >= 0.6 is 0 Å². The fraction of sp³-hybridized carbons (Fsp3) is 0.353. The first kappa shape index (κ1) is 17.2. The summed E-state index contributed by atoms with van der Waals surface area (Å²) in [6.45, 7) is 3.02. The van der Waals surface area contributed by atoms with Crippen molar-refractivity contribution in [1.82, 2.24) is 14.9 Å². The van der Waals surface area contributed by atoms with E-state index in [1.807, 2.05) is 0 Å². The molecule has 1 fully saturated rings. The third-order valence-electron chi connectivity index (χ3n) is 3.91. The molecule has 1 aliphatic heterocycles. The minimum absolute atomic E-state index is 0.185. The minimum Gasteiger partial charge on any atom is -0.340 e. The normalized spacial score (nSPS) is 14.6. The number of alkyl halides is 3. The van der Waals surface area contributed by atoms with E-state index in [2.05, 4.69) is 15.3 Å². The lowest BCUT2D eigenvalue weighted by molar-refractivity contribution is -0.137. The zero-order valence-electron chi connectivity index (χ0n) is 13.6. The average Bonchev–Trinajstić information content (AvgIpc) is 3.07. The highest BCUT2D eigenvalue weighted by Crippen LogP contribution is 2.31. The van der Waals surface area contributed by atoms with E-state index in [4.69, 9.17) is 0 Å². The van der Waals surface area contributed by atoms with Crippen LogP contribution in [-0.4, -0.2) is 33.9 Å². The van der Waals surface area contributed by atoms with Crippen molar-refractivity contribution in [2.45, 2.75) is 25.9 Å². The van der Waals surface area contributed by atoms with Crippen molar-refractivity contribution in [2.24, 2.45) is 0 Å². The van der Waals surface area contributed by atoms with Gasteiger partial charge in [0.2, 0.25) is 0 Å². The maximum atomic E-state index is 12.8. The third kappa shape index (κ3) is 4.07. The fourth-order valence-electron chi connectivity index (χ4n) is 2.74. The smallest absolute Gasteiger partial charge is 0.340 e. The highest BCUT2D eigenvalue weighted by Gasteiger charge is 2.30. The largest absolute Gasteiger partial charge is 0.416 e. The van der Waals surface area contributed by atoms with Gasteiger partial charge in [0.1, 0.15) is 17.3 Å². The van der Waals surface area contributed by atoms with E-state index in [1.54, 1.807) is 11.8 Å². The number of carbonyl (C=O) groups excluding carboxylic acids is 1. The molecule has 132 valence electrons. The Kier molecular flexibility index (Phi) is 4.61. The Morgan fingerprint density at radius 3 is 2.56 bits per heavy atom. The summed E-state index contributed by atoms with van der Waals surface area (Å²) in [5, 5.41) is 2.82. The summed E-state index contributed by atoms with van der Waals surface area (Å²) in [6, 6.07) is 6.29. The van der Waals surface area contributed by atoms with Crippen molar-refractivity contribution in [2.75, 3.05) is 18.4 Å². The van der Waals surface area contributed by atoms with Crippen molar-refractivity contribution >= 4 is 17.4 Å². The zero-order valence-corrected chi connectivity index (χ0v) is 13.6. The fourth-order valence-corrected chi connectivity index (χ4v) is 2.74. The Morgan fingerprint density at radius 1 is 1.16 bits per heavy atom. The topological polar surface area (TPSA) is 58.1 Å². The van der Waals surface area contributed by atoms with Gasteiger partial charge in [-0.3, -0.25) is 4.79 Å². The number of hydrogen-bond donors (Lipinski definition) is 1. The first-order valence-corrected chi connectivity index (χ1v) is 7.92. The van der Waals surface area contributed by atoms with Crippen molar-refractivity contribution in [3.63, 3.8) is 0 Å². The SMILES string of the molecule is Cc1nc(Nc2cccc(C(F)(F)F)c2)cc(C(=O)N2CCCC2)n1. The molecule has 0 unspecified atom stereocenters. The summed E-state index contributed by atoms with van der Waals surface area (Å²) >= 11 is 0. The van der Waals surface area contributed by atoms with Crippen molar-refractivity contribution in [1.29, 1.82) is 0 Å². The first-order valence-electron chi connectivity index (χ1n) is 7.92. The number of amides is 1. The number of rotatable bonds is 3. The van der Waals surface area contributed by atoms with Gasteiger partial charge in [-0.25, -0.2) is 9.97 Å². The number of nitrogens with one attached hydrogen (secondary N) is 1. The number of benzene rings is 1. The van der Waals surface area contributed by atoms with Crippen LogP contribution in [0.3, 0.4) is 0 Å². The molecule has 8 heteroatoms. The minimum atomic E-state index is -4.42. The van der Waals surface area contributed by atoms with Crippen LogP contribution in [0.1, 0.15) is 34.7 Å². The number of hydrogen-bond acceptors (Lipinski definition) is 4. The second-order valence-corrected chi connectivity index (χ2v) is 5.89. The van der Waals surface area contributed by atoms with Crippen molar-refractivity contribution < 1.29 is 18.0 Å². The molecule has 0 atom stereocenters. The lowest BCUT2D eigenvalue weighted by atomic mass is 10.2. The summed E-state index contributed by atoms with van der Waals surface area (Å²) in [6.07, 6.45) is -2.49. The average molecular weight is 350 g/mol. The molecule has 2 aromatic rings. The van der Waals surface area contributed by atoms with Crippen LogP contribution in [0.25, 0.3) is 0 Å². The van der Waals surface area contributed by atoms with E-state index in [0.717, 1.165) is 25.0 Å². The quantitative estimate of drug-likeness (QED) is 0.915. The van der Waals surface area contributed by atoms with E-state index in [1.165, 1.54) is 18.2 Å². The van der Waals surface area contributed by atoms with Crippen LogP contribution in [0.4, 0.5) is 24.7 Å². The predicted molar refractivity (Wildman–Crippen MR) is 86.6 cm³/mol. The van der Waals surface area contributed by atoms with Crippen molar-refractivity contribution in [3.8, 4) is 0 Å². The predicted octanol–water partition coefficient (Wildman–Crippen LogP) is 3.78. The molecule has 25 heavy (non-hydrogen) atoms. The highest BCUT2D eigenvalue weighted by atomic mass is 19.4. The number of anilines is 2. The molecule has 0 saturated carbocycles. The monoisotopic (exact) mass is 350 g/mol. The molecule has 0 aliphatic carbocycles. The third-order valence-corrected chi connectivity index (χ3v) is 3.91. The maximum Gasteiger partial charge on any atom is 0.416 e. The summed E-state index contributed by atoms with van der Waals surface area (Å²) < 4.78 is 38.4. The second kappa shape index (κ2) is 6.70. The van der Waals surface area contributed by atoms with Gasteiger partial charge in [-0.1, -0.05) is 6.07 Å². The van der Waals surface area contributed by atoms with Crippen LogP contribution in [0.15, 0.2) is 30.3 Å². The maximum absolute atomic E-state index is 12.8. The molecule has 1 aromatic heterocycles. The Bertz CT molecular complexity index is 786. The lowest BCUT2D eigenvalue weighted by Crippen LogP contribution is -2.28. The first-order chi connectivity index (χ1) is 11.8. The zero-order chi connectivity index (χ0) is 18.0. The van der Waals surface area contributed by atoms with E-state index in [0.29, 0.717) is 18.9 Å².